The van der Waals surface area contributed by atoms with Crippen LogP contribution < -0.4 is 9.47 Å². The van der Waals surface area contributed by atoms with E-state index in [1.807, 2.05) is 37.3 Å². The zero-order chi connectivity index (χ0) is 16.8. The Morgan fingerprint density at radius 2 is 2.00 bits per heavy atom. The lowest BCUT2D eigenvalue weighted by atomic mass is 10.0. The molecule has 2 aromatic carbocycles. The summed E-state index contributed by atoms with van der Waals surface area (Å²) < 4.78 is 11.9. The normalized spacial score (nSPS) is 11.0. The highest BCUT2D eigenvalue weighted by Gasteiger charge is 2.11. The standard InChI is InChI=1S/C18H15ClINO2/c1-3-23-18-16(20)9-12(10-17(18)22-2)8-14(11-21)13-4-6-15(19)7-5-13/h4-10H,3H2,1-2H3. The molecule has 0 radical (unpaired) electrons. The molecule has 0 saturated carbocycles. The summed E-state index contributed by atoms with van der Waals surface area (Å²) in [6.45, 7) is 2.49. The fraction of sp³-hybridized carbons (Fsp3) is 0.167. The Kier molecular flexibility index (Phi) is 6.31. The lowest BCUT2D eigenvalue weighted by Gasteiger charge is -2.12. The van der Waals surface area contributed by atoms with E-state index in [-0.39, 0.29) is 0 Å². The van der Waals surface area contributed by atoms with Gasteiger partial charge in [0.05, 0.1) is 28.9 Å². The van der Waals surface area contributed by atoms with Gasteiger partial charge in [-0.05, 0) is 71.0 Å². The zero-order valence-corrected chi connectivity index (χ0v) is 15.7. The summed E-state index contributed by atoms with van der Waals surface area (Å²) in [4.78, 5) is 0. The molecule has 2 aromatic rings. The maximum absolute atomic E-state index is 9.44. The Hall–Kier alpha value is -1.71. The third kappa shape index (κ3) is 4.40. The number of allylic oxidation sites excluding steroid dienone is 1. The van der Waals surface area contributed by atoms with E-state index in [0.717, 1.165) is 20.4 Å². The molecule has 0 amide bonds. The van der Waals surface area contributed by atoms with Crippen LogP contribution in [-0.2, 0) is 0 Å². The number of methoxy groups -OCH3 is 1. The molecule has 0 aromatic heterocycles. The highest BCUT2D eigenvalue weighted by Crippen LogP contribution is 2.35. The molecule has 0 aliphatic heterocycles. The van der Waals surface area contributed by atoms with Crippen LogP contribution in [0.25, 0.3) is 11.6 Å². The van der Waals surface area contributed by atoms with Gasteiger partial charge in [0.1, 0.15) is 0 Å². The molecule has 0 unspecified atom stereocenters. The fourth-order valence-electron chi connectivity index (χ4n) is 2.08. The molecule has 0 N–H and O–H groups in total. The van der Waals surface area contributed by atoms with E-state index in [4.69, 9.17) is 21.1 Å². The van der Waals surface area contributed by atoms with Crippen molar-refractivity contribution in [3.05, 3.63) is 56.1 Å². The summed E-state index contributed by atoms with van der Waals surface area (Å²) in [7, 11) is 1.60. The molecule has 0 bridgehead atoms. The zero-order valence-electron chi connectivity index (χ0n) is 12.8. The van der Waals surface area contributed by atoms with Gasteiger partial charge >= 0.3 is 0 Å². The van der Waals surface area contributed by atoms with Crippen molar-refractivity contribution in [3.63, 3.8) is 0 Å². The van der Waals surface area contributed by atoms with Crippen molar-refractivity contribution >= 4 is 45.8 Å². The minimum absolute atomic E-state index is 0.559. The molecule has 23 heavy (non-hydrogen) atoms. The van der Waals surface area contributed by atoms with Gasteiger partial charge in [0.15, 0.2) is 11.5 Å². The monoisotopic (exact) mass is 439 g/mol. The summed E-state index contributed by atoms with van der Waals surface area (Å²) in [5.74, 6) is 1.37. The van der Waals surface area contributed by atoms with Crippen LogP contribution in [0.1, 0.15) is 18.1 Å². The van der Waals surface area contributed by atoms with Gasteiger partial charge in [0.25, 0.3) is 0 Å². The first kappa shape index (κ1) is 17.6. The molecule has 5 heteroatoms. The van der Waals surface area contributed by atoms with Gasteiger partial charge in [-0.3, -0.25) is 0 Å². The molecular weight excluding hydrogens is 425 g/mol. The molecule has 0 aliphatic rings. The van der Waals surface area contributed by atoms with Gasteiger partial charge in [-0.15, -0.1) is 0 Å². The van der Waals surface area contributed by atoms with Gasteiger partial charge in [0.2, 0.25) is 0 Å². The topological polar surface area (TPSA) is 42.2 Å². The summed E-state index contributed by atoms with van der Waals surface area (Å²) >= 11 is 8.09. The molecule has 0 saturated heterocycles. The first-order valence-corrected chi connectivity index (χ1v) is 8.42. The van der Waals surface area contributed by atoms with E-state index >= 15 is 0 Å². The van der Waals surface area contributed by atoms with E-state index in [1.54, 1.807) is 19.2 Å². The van der Waals surface area contributed by atoms with E-state index in [9.17, 15) is 5.26 Å². The first-order chi connectivity index (χ1) is 11.1. The molecule has 118 valence electrons. The average molecular weight is 440 g/mol. The number of hydrogen-bond donors (Lipinski definition) is 0. The number of hydrogen-bond acceptors (Lipinski definition) is 3. The Morgan fingerprint density at radius 3 is 2.57 bits per heavy atom. The van der Waals surface area contributed by atoms with Crippen molar-refractivity contribution in [2.24, 2.45) is 0 Å². The van der Waals surface area contributed by atoms with Crippen molar-refractivity contribution in [2.45, 2.75) is 6.92 Å². The van der Waals surface area contributed by atoms with Crippen molar-refractivity contribution in [1.82, 2.24) is 0 Å². The minimum atomic E-state index is 0.559. The molecule has 0 spiro atoms. The second-order valence-corrected chi connectivity index (χ2v) is 6.24. The Morgan fingerprint density at radius 1 is 1.30 bits per heavy atom. The predicted molar refractivity (Wildman–Crippen MR) is 102 cm³/mol. The van der Waals surface area contributed by atoms with Gasteiger partial charge in [-0.25, -0.2) is 0 Å². The quantitative estimate of drug-likeness (QED) is 0.355. The fourth-order valence-corrected chi connectivity index (χ4v) is 2.99. The van der Waals surface area contributed by atoms with Gasteiger partial charge in [-0.1, -0.05) is 23.7 Å². The molecular formula is C18H15ClINO2. The van der Waals surface area contributed by atoms with Crippen LogP contribution in [-0.4, -0.2) is 13.7 Å². The number of nitrogens with zero attached hydrogens (tertiary/aromatic N) is 1. The molecule has 0 atom stereocenters. The maximum atomic E-state index is 9.44. The molecule has 3 nitrogen and oxygen atoms in total. The maximum Gasteiger partial charge on any atom is 0.174 e. The van der Waals surface area contributed by atoms with Crippen molar-refractivity contribution in [2.75, 3.05) is 13.7 Å². The van der Waals surface area contributed by atoms with Crippen LogP contribution >= 0.6 is 34.2 Å². The van der Waals surface area contributed by atoms with Crippen LogP contribution in [0.2, 0.25) is 5.02 Å². The predicted octanol–water partition coefficient (Wildman–Crippen LogP) is 5.42. The average Bonchev–Trinajstić information content (AvgIpc) is 2.55. The Bertz CT molecular complexity index is 764. The summed E-state index contributed by atoms with van der Waals surface area (Å²) in [6, 6.07) is 13.2. The smallest absolute Gasteiger partial charge is 0.174 e. The number of rotatable bonds is 5. The van der Waals surface area contributed by atoms with Crippen molar-refractivity contribution in [1.29, 1.82) is 5.26 Å². The van der Waals surface area contributed by atoms with E-state index in [2.05, 4.69) is 28.7 Å². The van der Waals surface area contributed by atoms with Crippen molar-refractivity contribution in [3.8, 4) is 17.6 Å². The SMILES string of the molecule is CCOc1c(I)cc(C=C(C#N)c2ccc(Cl)cc2)cc1OC. The number of ether oxygens (including phenoxy) is 2. The summed E-state index contributed by atoms with van der Waals surface area (Å²) in [6.07, 6.45) is 1.82. The first-order valence-electron chi connectivity index (χ1n) is 6.97. The van der Waals surface area contributed by atoms with E-state index in [1.165, 1.54) is 0 Å². The third-order valence-corrected chi connectivity index (χ3v) is 4.18. The largest absolute Gasteiger partial charge is 0.493 e. The van der Waals surface area contributed by atoms with Gasteiger partial charge < -0.3 is 9.47 Å². The van der Waals surface area contributed by atoms with E-state index in [0.29, 0.717) is 23.0 Å². The van der Waals surface area contributed by atoms with Crippen LogP contribution in [0, 0.1) is 14.9 Å². The van der Waals surface area contributed by atoms with Gasteiger partial charge in [-0.2, -0.15) is 5.26 Å². The molecule has 2 rings (SSSR count). The Balaban J connectivity index is 2.46. The van der Waals surface area contributed by atoms with Gasteiger partial charge in [0, 0.05) is 5.02 Å². The number of halogens is 2. The van der Waals surface area contributed by atoms with E-state index < -0.39 is 0 Å². The molecule has 0 fully saturated rings. The highest BCUT2D eigenvalue weighted by atomic mass is 127. The molecule has 0 aliphatic carbocycles. The number of benzene rings is 2. The third-order valence-electron chi connectivity index (χ3n) is 3.13. The second kappa shape index (κ2) is 8.23. The summed E-state index contributed by atoms with van der Waals surface area (Å²) in [5, 5.41) is 10.1. The van der Waals surface area contributed by atoms with Crippen LogP contribution in [0.4, 0.5) is 0 Å². The van der Waals surface area contributed by atoms with Crippen LogP contribution in [0.15, 0.2) is 36.4 Å². The highest BCUT2D eigenvalue weighted by molar-refractivity contribution is 14.1. The number of nitriles is 1. The Labute approximate surface area is 154 Å². The second-order valence-electron chi connectivity index (χ2n) is 4.64. The lowest BCUT2D eigenvalue weighted by Crippen LogP contribution is -1.98. The van der Waals surface area contributed by atoms with Crippen LogP contribution in [0.3, 0.4) is 0 Å². The minimum Gasteiger partial charge on any atom is -0.493 e. The molecule has 0 heterocycles. The summed E-state index contributed by atoms with van der Waals surface area (Å²) in [5.41, 5.74) is 2.25. The van der Waals surface area contributed by atoms with Crippen molar-refractivity contribution < 1.29 is 9.47 Å². The van der Waals surface area contributed by atoms with Crippen LogP contribution in [0.5, 0.6) is 11.5 Å². The lowest BCUT2D eigenvalue weighted by molar-refractivity contribution is 0.308.